The van der Waals surface area contributed by atoms with Crippen molar-refractivity contribution in [2.24, 2.45) is 0 Å². The molecule has 0 saturated heterocycles. The highest BCUT2D eigenvalue weighted by molar-refractivity contribution is 7.17. The fourth-order valence-corrected chi connectivity index (χ4v) is 3.39. The van der Waals surface area contributed by atoms with E-state index in [1.54, 1.807) is 6.20 Å². The van der Waals surface area contributed by atoms with E-state index in [1.807, 2.05) is 10.7 Å². The number of carbonyl (C=O) groups excluding carboxylic acids is 1. The lowest BCUT2D eigenvalue weighted by Gasteiger charge is -2.06. The summed E-state index contributed by atoms with van der Waals surface area (Å²) < 4.78 is 1.97. The summed E-state index contributed by atoms with van der Waals surface area (Å²) in [7, 11) is 0. The molecule has 2 heterocycles. The van der Waals surface area contributed by atoms with Gasteiger partial charge in [0.1, 0.15) is 5.01 Å². The average molecular weight is 261 g/mol. The topological polar surface area (TPSA) is 47.8 Å². The fraction of sp³-hybridized carbons (Fsp3) is 0.462. The van der Waals surface area contributed by atoms with Crippen LogP contribution in [0.3, 0.4) is 0 Å². The minimum absolute atomic E-state index is 0.251. The number of rotatable bonds is 3. The number of thiazole rings is 1. The molecular weight excluding hydrogens is 246 g/mol. The normalized spacial score (nSPS) is 14.8. The second kappa shape index (κ2) is 4.65. The zero-order chi connectivity index (χ0) is 12.5. The summed E-state index contributed by atoms with van der Waals surface area (Å²) in [5, 5.41) is 5.24. The van der Waals surface area contributed by atoms with Gasteiger partial charge in [0, 0.05) is 19.2 Å². The van der Waals surface area contributed by atoms with Gasteiger partial charge in [0.2, 0.25) is 0 Å². The molecule has 0 bridgehead atoms. The van der Waals surface area contributed by atoms with E-state index in [2.05, 4.69) is 17.0 Å². The number of hydrogen-bond donors (Lipinski definition) is 0. The first kappa shape index (κ1) is 11.6. The minimum atomic E-state index is 0.251. The summed E-state index contributed by atoms with van der Waals surface area (Å²) in [6.07, 6.45) is 5.37. The molecular formula is C13H15N3OS. The number of carbonyl (C=O) groups is 1. The lowest BCUT2D eigenvalue weighted by molar-refractivity contribution is 0.0976. The van der Waals surface area contributed by atoms with Crippen LogP contribution in [-0.4, -0.2) is 20.5 Å². The molecule has 0 saturated carbocycles. The summed E-state index contributed by atoms with van der Waals surface area (Å²) in [6, 6.07) is 1.98. The number of ketones is 1. The third-order valence-corrected chi connectivity index (χ3v) is 4.30. The Kier molecular flexibility index (Phi) is 2.99. The van der Waals surface area contributed by atoms with Gasteiger partial charge >= 0.3 is 0 Å². The standard InChI is InChI=1S/C13H15N3OS/c1-2-8-16-10(6-7-14-16)13-15-9-4-3-5-11(17)12(9)18-13/h6-7H,2-5,8H2,1H3. The smallest absolute Gasteiger partial charge is 0.174 e. The number of aryl methyl sites for hydroxylation is 2. The number of hydrogen-bond acceptors (Lipinski definition) is 4. The second-order valence-corrected chi connectivity index (χ2v) is 5.51. The molecule has 0 fully saturated rings. The van der Waals surface area contributed by atoms with E-state index in [0.29, 0.717) is 6.42 Å². The van der Waals surface area contributed by atoms with Crippen molar-refractivity contribution in [3.05, 3.63) is 22.8 Å². The Morgan fingerprint density at radius 2 is 2.33 bits per heavy atom. The van der Waals surface area contributed by atoms with E-state index >= 15 is 0 Å². The third kappa shape index (κ3) is 1.88. The molecule has 0 amide bonds. The molecule has 0 aromatic carbocycles. The second-order valence-electron chi connectivity index (χ2n) is 4.51. The number of aromatic nitrogens is 3. The van der Waals surface area contributed by atoms with Crippen molar-refractivity contribution in [3.8, 4) is 10.7 Å². The lowest BCUT2D eigenvalue weighted by Crippen LogP contribution is -2.07. The first-order valence-electron chi connectivity index (χ1n) is 6.34. The van der Waals surface area contributed by atoms with E-state index in [-0.39, 0.29) is 5.78 Å². The van der Waals surface area contributed by atoms with Crippen molar-refractivity contribution in [3.63, 3.8) is 0 Å². The molecule has 1 aliphatic carbocycles. The van der Waals surface area contributed by atoms with E-state index in [1.165, 1.54) is 11.3 Å². The molecule has 18 heavy (non-hydrogen) atoms. The summed E-state index contributed by atoms with van der Waals surface area (Å²) in [6.45, 7) is 3.02. The van der Waals surface area contributed by atoms with Gasteiger partial charge in [-0.1, -0.05) is 6.92 Å². The Hall–Kier alpha value is -1.49. The predicted octanol–water partition coefficient (Wildman–Crippen LogP) is 2.94. The van der Waals surface area contributed by atoms with Gasteiger partial charge in [-0.15, -0.1) is 11.3 Å². The van der Waals surface area contributed by atoms with Crippen LogP contribution in [-0.2, 0) is 13.0 Å². The zero-order valence-electron chi connectivity index (χ0n) is 10.3. The van der Waals surface area contributed by atoms with Gasteiger partial charge in [0.15, 0.2) is 5.78 Å². The molecule has 0 unspecified atom stereocenters. The highest BCUT2D eigenvalue weighted by Crippen LogP contribution is 2.32. The van der Waals surface area contributed by atoms with E-state index < -0.39 is 0 Å². The van der Waals surface area contributed by atoms with Crippen molar-refractivity contribution < 1.29 is 4.79 Å². The van der Waals surface area contributed by atoms with E-state index in [9.17, 15) is 4.79 Å². The molecule has 5 heteroatoms. The Balaban J connectivity index is 2.02. The number of Topliss-reactive ketones (excluding diaryl/α,β-unsaturated/α-hetero) is 1. The maximum absolute atomic E-state index is 11.8. The molecule has 0 aliphatic heterocycles. The van der Waals surface area contributed by atoms with Gasteiger partial charge in [-0.25, -0.2) is 4.98 Å². The van der Waals surface area contributed by atoms with Crippen molar-refractivity contribution >= 4 is 17.1 Å². The molecule has 4 nitrogen and oxygen atoms in total. The quantitative estimate of drug-likeness (QED) is 0.853. The van der Waals surface area contributed by atoms with Gasteiger partial charge in [-0.3, -0.25) is 9.48 Å². The van der Waals surface area contributed by atoms with Crippen molar-refractivity contribution in [1.82, 2.24) is 14.8 Å². The van der Waals surface area contributed by atoms with Crippen LogP contribution in [0.15, 0.2) is 12.3 Å². The average Bonchev–Trinajstić information content (AvgIpc) is 2.95. The Morgan fingerprint density at radius 1 is 1.44 bits per heavy atom. The van der Waals surface area contributed by atoms with Crippen LogP contribution in [0, 0.1) is 0 Å². The van der Waals surface area contributed by atoms with Crippen LogP contribution in [0.2, 0.25) is 0 Å². The maximum Gasteiger partial charge on any atom is 0.174 e. The molecule has 0 spiro atoms. The molecule has 0 atom stereocenters. The molecule has 94 valence electrons. The zero-order valence-corrected chi connectivity index (χ0v) is 11.2. The van der Waals surface area contributed by atoms with Gasteiger partial charge < -0.3 is 0 Å². The third-order valence-electron chi connectivity index (χ3n) is 3.14. The van der Waals surface area contributed by atoms with Crippen LogP contribution in [0.5, 0.6) is 0 Å². The Labute approximate surface area is 110 Å². The van der Waals surface area contributed by atoms with Crippen molar-refractivity contribution in [1.29, 1.82) is 0 Å². The van der Waals surface area contributed by atoms with Gasteiger partial charge in [-0.2, -0.15) is 5.10 Å². The van der Waals surface area contributed by atoms with Crippen molar-refractivity contribution in [2.75, 3.05) is 0 Å². The van der Waals surface area contributed by atoms with Crippen LogP contribution < -0.4 is 0 Å². The number of nitrogens with zero attached hydrogens (tertiary/aromatic N) is 3. The summed E-state index contributed by atoms with van der Waals surface area (Å²) >= 11 is 1.52. The van der Waals surface area contributed by atoms with Gasteiger partial charge in [-0.05, 0) is 25.3 Å². The van der Waals surface area contributed by atoms with Crippen LogP contribution in [0.4, 0.5) is 0 Å². The monoisotopic (exact) mass is 261 g/mol. The molecule has 0 N–H and O–H groups in total. The molecule has 1 aliphatic rings. The molecule has 0 radical (unpaired) electrons. The Bertz CT molecular complexity index is 585. The maximum atomic E-state index is 11.8. The van der Waals surface area contributed by atoms with E-state index in [0.717, 1.165) is 47.1 Å². The summed E-state index contributed by atoms with van der Waals surface area (Å²) in [5.41, 5.74) is 2.01. The SMILES string of the molecule is CCCn1nccc1-c1nc2c(s1)C(=O)CCC2. The fourth-order valence-electron chi connectivity index (χ4n) is 2.28. The first-order chi connectivity index (χ1) is 8.79. The first-order valence-corrected chi connectivity index (χ1v) is 7.16. The minimum Gasteiger partial charge on any atom is -0.293 e. The lowest BCUT2D eigenvalue weighted by atomic mass is 10.0. The number of fused-ring (bicyclic) bond motifs is 1. The highest BCUT2D eigenvalue weighted by atomic mass is 32.1. The summed E-state index contributed by atoms with van der Waals surface area (Å²) in [4.78, 5) is 17.3. The Morgan fingerprint density at radius 3 is 3.11 bits per heavy atom. The van der Waals surface area contributed by atoms with Crippen molar-refractivity contribution in [2.45, 2.75) is 39.2 Å². The molecule has 2 aromatic heterocycles. The van der Waals surface area contributed by atoms with Crippen LogP contribution >= 0.6 is 11.3 Å². The van der Waals surface area contributed by atoms with Gasteiger partial charge in [0.05, 0.1) is 16.3 Å². The summed E-state index contributed by atoms with van der Waals surface area (Å²) in [5.74, 6) is 0.251. The molecule has 3 rings (SSSR count). The largest absolute Gasteiger partial charge is 0.293 e. The van der Waals surface area contributed by atoms with Gasteiger partial charge in [0.25, 0.3) is 0 Å². The highest BCUT2D eigenvalue weighted by Gasteiger charge is 2.23. The molecule has 2 aromatic rings. The predicted molar refractivity (Wildman–Crippen MR) is 70.9 cm³/mol. The van der Waals surface area contributed by atoms with E-state index in [4.69, 9.17) is 0 Å². The van der Waals surface area contributed by atoms with Crippen LogP contribution in [0.25, 0.3) is 10.7 Å². The van der Waals surface area contributed by atoms with Crippen LogP contribution in [0.1, 0.15) is 41.6 Å².